The first-order valence-electron chi connectivity index (χ1n) is 8.26. The maximum atomic E-state index is 10.7. The third-order valence-electron chi connectivity index (χ3n) is 4.64. The van der Waals surface area contributed by atoms with Crippen molar-refractivity contribution >= 4 is 19.9 Å². The SMILES string of the molecule is Cc1cc(CCC2Cc3ccccc3P2)ccc1CCC(=O)O. The third kappa shape index (κ3) is 4.20. The molecule has 2 unspecified atom stereocenters. The average Bonchev–Trinajstić information content (AvgIpc) is 2.94. The summed E-state index contributed by atoms with van der Waals surface area (Å²) in [7, 11) is 0.949. The molecule has 1 heterocycles. The first kappa shape index (κ1) is 16.2. The van der Waals surface area contributed by atoms with E-state index in [1.165, 1.54) is 29.5 Å². The summed E-state index contributed by atoms with van der Waals surface area (Å²) in [5.74, 6) is -0.727. The van der Waals surface area contributed by atoms with Crippen LogP contribution in [0.25, 0.3) is 0 Å². The van der Waals surface area contributed by atoms with E-state index in [0.717, 1.165) is 26.2 Å². The second-order valence-electron chi connectivity index (χ2n) is 6.40. The Labute approximate surface area is 139 Å². The van der Waals surface area contributed by atoms with E-state index < -0.39 is 5.97 Å². The minimum atomic E-state index is -0.727. The summed E-state index contributed by atoms with van der Waals surface area (Å²) < 4.78 is 0. The van der Waals surface area contributed by atoms with Crippen molar-refractivity contribution in [1.29, 1.82) is 0 Å². The number of aliphatic carboxylic acids is 1. The number of carbonyl (C=O) groups is 1. The quantitative estimate of drug-likeness (QED) is 0.818. The molecule has 0 radical (unpaired) electrons. The average molecular weight is 326 g/mol. The van der Waals surface area contributed by atoms with Crippen LogP contribution >= 0.6 is 8.58 Å². The molecular weight excluding hydrogens is 303 g/mol. The van der Waals surface area contributed by atoms with E-state index in [1.54, 1.807) is 5.30 Å². The zero-order valence-electron chi connectivity index (χ0n) is 13.5. The van der Waals surface area contributed by atoms with Gasteiger partial charge >= 0.3 is 5.97 Å². The lowest BCUT2D eigenvalue weighted by molar-refractivity contribution is -0.136. The molecule has 2 aromatic rings. The lowest BCUT2D eigenvalue weighted by atomic mass is 9.98. The number of fused-ring (bicyclic) bond motifs is 1. The Kier molecular flexibility index (Phi) is 5.13. The number of benzene rings is 2. The summed E-state index contributed by atoms with van der Waals surface area (Å²) in [4.78, 5) is 10.7. The van der Waals surface area contributed by atoms with Crippen molar-refractivity contribution < 1.29 is 9.90 Å². The van der Waals surface area contributed by atoms with Crippen LogP contribution in [0, 0.1) is 6.92 Å². The lowest BCUT2D eigenvalue weighted by Gasteiger charge is -2.11. The molecule has 0 bridgehead atoms. The Morgan fingerprint density at radius 1 is 1.22 bits per heavy atom. The van der Waals surface area contributed by atoms with Gasteiger partial charge in [0.1, 0.15) is 0 Å². The van der Waals surface area contributed by atoms with E-state index in [0.29, 0.717) is 6.42 Å². The number of carboxylic acids is 1. The van der Waals surface area contributed by atoms with Gasteiger partial charge in [-0.3, -0.25) is 4.79 Å². The fraction of sp³-hybridized carbons (Fsp3) is 0.350. The van der Waals surface area contributed by atoms with Gasteiger partial charge < -0.3 is 5.11 Å². The molecule has 0 saturated carbocycles. The van der Waals surface area contributed by atoms with Crippen molar-refractivity contribution in [2.75, 3.05) is 0 Å². The summed E-state index contributed by atoms with van der Waals surface area (Å²) in [6.07, 6.45) is 4.42. The lowest BCUT2D eigenvalue weighted by Crippen LogP contribution is -2.03. The van der Waals surface area contributed by atoms with E-state index in [4.69, 9.17) is 5.11 Å². The van der Waals surface area contributed by atoms with Crippen molar-refractivity contribution in [1.82, 2.24) is 0 Å². The Morgan fingerprint density at radius 2 is 2.04 bits per heavy atom. The molecule has 3 rings (SSSR count). The van der Waals surface area contributed by atoms with Crippen LogP contribution in [0.4, 0.5) is 0 Å². The van der Waals surface area contributed by atoms with Gasteiger partial charge in [0.15, 0.2) is 0 Å². The van der Waals surface area contributed by atoms with Crippen molar-refractivity contribution in [3.05, 3.63) is 64.7 Å². The zero-order valence-corrected chi connectivity index (χ0v) is 14.5. The Balaban J connectivity index is 1.55. The second-order valence-corrected chi connectivity index (χ2v) is 8.04. The highest BCUT2D eigenvalue weighted by atomic mass is 31.1. The summed E-state index contributed by atoms with van der Waals surface area (Å²) in [6, 6.07) is 15.4. The highest BCUT2D eigenvalue weighted by molar-refractivity contribution is 7.48. The molecule has 1 N–H and O–H groups in total. The molecular formula is C20H23O2P. The van der Waals surface area contributed by atoms with Crippen molar-refractivity contribution in [3.8, 4) is 0 Å². The molecule has 0 fully saturated rings. The molecule has 1 aliphatic rings. The van der Waals surface area contributed by atoms with E-state index in [-0.39, 0.29) is 6.42 Å². The standard InChI is InChI=1S/C20H23O2P/c1-14-12-15(6-8-16(14)9-11-20(21)22)7-10-18-13-17-4-2-3-5-19(17)23-18/h2-6,8,12,18,23H,7,9-11,13H2,1H3,(H,21,22). The van der Waals surface area contributed by atoms with Gasteiger partial charge in [-0.15, -0.1) is 0 Å². The predicted molar refractivity (Wildman–Crippen MR) is 97.3 cm³/mol. The van der Waals surface area contributed by atoms with Gasteiger partial charge in [-0.1, -0.05) is 51.0 Å². The molecule has 2 nitrogen and oxygen atoms in total. The number of carboxylic acid groups (broad SMARTS) is 1. The summed E-state index contributed by atoms with van der Waals surface area (Å²) in [6.45, 7) is 2.09. The molecule has 120 valence electrons. The molecule has 0 spiro atoms. The predicted octanol–water partition coefficient (Wildman–Crippen LogP) is 3.87. The van der Waals surface area contributed by atoms with Crippen LogP contribution in [0.5, 0.6) is 0 Å². The minimum absolute atomic E-state index is 0.210. The topological polar surface area (TPSA) is 37.3 Å². The number of hydrogen-bond donors (Lipinski definition) is 1. The van der Waals surface area contributed by atoms with Crippen LogP contribution < -0.4 is 5.30 Å². The maximum Gasteiger partial charge on any atom is 0.303 e. The fourth-order valence-electron chi connectivity index (χ4n) is 3.33. The third-order valence-corrected chi connectivity index (χ3v) is 6.34. The van der Waals surface area contributed by atoms with E-state index >= 15 is 0 Å². The van der Waals surface area contributed by atoms with Gasteiger partial charge in [-0.2, -0.15) is 0 Å². The van der Waals surface area contributed by atoms with Crippen LogP contribution in [0.1, 0.15) is 35.1 Å². The molecule has 2 atom stereocenters. The molecule has 0 amide bonds. The molecule has 23 heavy (non-hydrogen) atoms. The smallest absolute Gasteiger partial charge is 0.303 e. The normalized spacial score (nSPS) is 17.3. The van der Waals surface area contributed by atoms with Crippen molar-refractivity contribution in [2.45, 2.75) is 44.7 Å². The minimum Gasteiger partial charge on any atom is -0.481 e. The molecule has 2 aromatic carbocycles. The zero-order chi connectivity index (χ0) is 16.2. The van der Waals surface area contributed by atoms with Gasteiger partial charge in [-0.05, 0) is 65.8 Å². The highest BCUT2D eigenvalue weighted by Crippen LogP contribution is 2.34. The summed E-state index contributed by atoms with van der Waals surface area (Å²) in [5.41, 5.74) is 6.09. The largest absolute Gasteiger partial charge is 0.481 e. The van der Waals surface area contributed by atoms with Gasteiger partial charge in [0.05, 0.1) is 0 Å². The number of aryl methyl sites for hydroxylation is 3. The molecule has 0 aliphatic carbocycles. The van der Waals surface area contributed by atoms with Crippen LogP contribution in [-0.4, -0.2) is 16.7 Å². The van der Waals surface area contributed by atoms with Crippen LogP contribution in [-0.2, 0) is 24.1 Å². The van der Waals surface area contributed by atoms with E-state index in [1.807, 2.05) is 0 Å². The number of hydrogen-bond acceptors (Lipinski definition) is 1. The Bertz CT molecular complexity index is 684. The highest BCUT2D eigenvalue weighted by Gasteiger charge is 2.20. The van der Waals surface area contributed by atoms with Crippen LogP contribution in [0.2, 0.25) is 0 Å². The maximum absolute atomic E-state index is 10.7. The molecule has 1 aliphatic heterocycles. The van der Waals surface area contributed by atoms with Gasteiger partial charge in [-0.25, -0.2) is 0 Å². The summed E-state index contributed by atoms with van der Waals surface area (Å²) >= 11 is 0. The van der Waals surface area contributed by atoms with Crippen LogP contribution in [0.3, 0.4) is 0 Å². The molecule has 0 saturated heterocycles. The second kappa shape index (κ2) is 7.27. The van der Waals surface area contributed by atoms with Gasteiger partial charge in [0, 0.05) is 6.42 Å². The first-order valence-corrected chi connectivity index (χ1v) is 9.34. The molecule has 3 heteroatoms. The van der Waals surface area contributed by atoms with E-state index in [9.17, 15) is 4.79 Å². The first-order chi connectivity index (χ1) is 11.1. The fourth-order valence-corrected chi connectivity index (χ4v) is 4.94. The van der Waals surface area contributed by atoms with Crippen molar-refractivity contribution in [2.24, 2.45) is 0 Å². The Morgan fingerprint density at radius 3 is 2.78 bits per heavy atom. The summed E-state index contributed by atoms with van der Waals surface area (Å²) in [5, 5.41) is 10.4. The monoisotopic (exact) mass is 326 g/mol. The Hall–Kier alpha value is -1.66. The van der Waals surface area contributed by atoms with Crippen LogP contribution in [0.15, 0.2) is 42.5 Å². The van der Waals surface area contributed by atoms with E-state index in [2.05, 4.69) is 49.4 Å². The van der Waals surface area contributed by atoms with Gasteiger partial charge in [0.25, 0.3) is 0 Å². The number of rotatable bonds is 6. The van der Waals surface area contributed by atoms with Crippen molar-refractivity contribution in [3.63, 3.8) is 0 Å². The van der Waals surface area contributed by atoms with Gasteiger partial charge in [0.2, 0.25) is 0 Å². The molecule has 0 aromatic heterocycles.